The molecule has 2 aromatic carbocycles. The Balaban J connectivity index is 1.99. The monoisotopic (exact) mass is 303 g/mol. The van der Waals surface area contributed by atoms with Crippen LogP contribution in [0, 0.1) is 11.6 Å². The van der Waals surface area contributed by atoms with Gasteiger partial charge in [0.1, 0.15) is 0 Å². The van der Waals surface area contributed by atoms with Crippen LogP contribution >= 0.6 is 11.3 Å². The molecule has 0 aliphatic rings. The van der Waals surface area contributed by atoms with E-state index in [1.807, 2.05) is 24.6 Å². The van der Waals surface area contributed by atoms with Crippen molar-refractivity contribution in [2.75, 3.05) is 7.05 Å². The van der Waals surface area contributed by atoms with Gasteiger partial charge in [0.05, 0.1) is 0 Å². The summed E-state index contributed by atoms with van der Waals surface area (Å²) in [6.07, 6.45) is 0.414. The van der Waals surface area contributed by atoms with Gasteiger partial charge in [-0.05, 0) is 47.5 Å². The predicted molar refractivity (Wildman–Crippen MR) is 83.7 cm³/mol. The Bertz CT molecular complexity index is 766. The molecule has 3 rings (SSSR count). The Morgan fingerprint density at radius 2 is 1.90 bits per heavy atom. The van der Waals surface area contributed by atoms with E-state index in [1.54, 1.807) is 23.5 Å². The number of nitrogens with one attached hydrogen (secondary N) is 1. The van der Waals surface area contributed by atoms with Gasteiger partial charge in [-0.1, -0.05) is 30.3 Å². The average Bonchev–Trinajstić information content (AvgIpc) is 2.97. The summed E-state index contributed by atoms with van der Waals surface area (Å²) in [5, 5.41) is 6.44. The van der Waals surface area contributed by atoms with Gasteiger partial charge in [-0.2, -0.15) is 0 Å². The number of hydrogen-bond acceptors (Lipinski definition) is 2. The maximum Gasteiger partial charge on any atom is 0.162 e. The second-order valence-electron chi connectivity index (χ2n) is 4.94. The summed E-state index contributed by atoms with van der Waals surface area (Å²) in [4.78, 5) is 0. The number of hydrogen-bond donors (Lipinski definition) is 1. The Kier molecular flexibility index (Phi) is 3.99. The lowest BCUT2D eigenvalue weighted by molar-refractivity contribution is 0.487. The van der Waals surface area contributed by atoms with Crippen molar-refractivity contribution in [3.63, 3.8) is 0 Å². The zero-order valence-electron chi connectivity index (χ0n) is 11.6. The highest BCUT2D eigenvalue weighted by atomic mass is 32.1. The molecule has 1 atom stereocenters. The van der Waals surface area contributed by atoms with Crippen LogP contribution in [0.2, 0.25) is 0 Å². The summed E-state index contributed by atoms with van der Waals surface area (Å²) in [6, 6.07) is 12.4. The topological polar surface area (TPSA) is 12.0 Å². The molecule has 1 aromatic heterocycles. The summed E-state index contributed by atoms with van der Waals surface area (Å²) >= 11 is 1.67. The zero-order valence-corrected chi connectivity index (χ0v) is 12.4. The van der Waals surface area contributed by atoms with Crippen LogP contribution in [0.5, 0.6) is 0 Å². The maximum atomic E-state index is 13.9. The molecule has 0 aliphatic carbocycles. The van der Waals surface area contributed by atoms with Crippen molar-refractivity contribution in [1.29, 1.82) is 0 Å². The van der Waals surface area contributed by atoms with Crippen molar-refractivity contribution in [3.8, 4) is 0 Å². The highest BCUT2D eigenvalue weighted by molar-refractivity contribution is 7.17. The molecule has 0 radical (unpaired) electrons. The molecule has 3 aromatic rings. The molecule has 0 amide bonds. The Morgan fingerprint density at radius 1 is 1.10 bits per heavy atom. The van der Waals surface area contributed by atoms with Crippen molar-refractivity contribution >= 4 is 21.4 Å². The van der Waals surface area contributed by atoms with Crippen LogP contribution in [-0.4, -0.2) is 7.05 Å². The van der Waals surface area contributed by atoms with E-state index in [1.165, 1.54) is 10.1 Å². The molecule has 0 fully saturated rings. The molecular formula is C17H15F2NS. The smallest absolute Gasteiger partial charge is 0.162 e. The van der Waals surface area contributed by atoms with Crippen LogP contribution in [-0.2, 0) is 6.42 Å². The molecule has 0 aliphatic heterocycles. The largest absolute Gasteiger partial charge is 0.313 e. The van der Waals surface area contributed by atoms with Crippen LogP contribution in [0.4, 0.5) is 8.78 Å². The first-order valence-electron chi connectivity index (χ1n) is 6.77. The SMILES string of the molecule is CNC(Cc1cccc(F)c1F)c1cccc2ccsc12. The summed E-state index contributed by atoms with van der Waals surface area (Å²) in [7, 11) is 1.84. The van der Waals surface area contributed by atoms with Gasteiger partial charge < -0.3 is 5.32 Å². The number of benzene rings is 2. The van der Waals surface area contributed by atoms with Crippen LogP contribution in [0.1, 0.15) is 17.2 Å². The van der Waals surface area contributed by atoms with Crippen molar-refractivity contribution < 1.29 is 8.78 Å². The molecule has 0 spiro atoms. The van der Waals surface area contributed by atoms with Gasteiger partial charge in [0, 0.05) is 10.7 Å². The Morgan fingerprint density at radius 3 is 2.71 bits per heavy atom. The Labute approximate surface area is 126 Å². The van der Waals surface area contributed by atoms with Gasteiger partial charge in [-0.3, -0.25) is 0 Å². The normalized spacial score (nSPS) is 12.7. The summed E-state index contributed by atoms with van der Waals surface area (Å²) in [5.74, 6) is -1.55. The van der Waals surface area contributed by atoms with Crippen molar-refractivity contribution in [2.24, 2.45) is 0 Å². The first kappa shape index (κ1) is 14.2. The van der Waals surface area contributed by atoms with Crippen molar-refractivity contribution in [1.82, 2.24) is 5.32 Å². The number of likely N-dealkylation sites (N-methyl/N-ethyl adjacent to an activating group) is 1. The lowest BCUT2D eigenvalue weighted by atomic mass is 9.97. The predicted octanol–water partition coefficient (Wildman–Crippen LogP) is 4.68. The lowest BCUT2D eigenvalue weighted by Crippen LogP contribution is -2.19. The molecule has 0 bridgehead atoms. The van der Waals surface area contributed by atoms with Gasteiger partial charge in [0.25, 0.3) is 0 Å². The van der Waals surface area contributed by atoms with Crippen molar-refractivity contribution in [3.05, 3.63) is 70.6 Å². The zero-order chi connectivity index (χ0) is 14.8. The number of halogens is 2. The van der Waals surface area contributed by atoms with E-state index >= 15 is 0 Å². The molecule has 4 heteroatoms. The quantitative estimate of drug-likeness (QED) is 0.738. The molecule has 1 heterocycles. The van der Waals surface area contributed by atoms with Gasteiger partial charge in [-0.25, -0.2) is 8.78 Å². The second kappa shape index (κ2) is 5.92. The van der Waals surface area contributed by atoms with E-state index in [4.69, 9.17) is 0 Å². The maximum absolute atomic E-state index is 13.9. The van der Waals surface area contributed by atoms with E-state index in [9.17, 15) is 8.78 Å². The van der Waals surface area contributed by atoms with Crippen LogP contribution in [0.3, 0.4) is 0 Å². The molecule has 1 N–H and O–H groups in total. The summed E-state index contributed by atoms with van der Waals surface area (Å²) < 4.78 is 28.4. The molecule has 0 saturated heterocycles. The highest BCUT2D eigenvalue weighted by Crippen LogP contribution is 2.31. The molecule has 1 unspecified atom stereocenters. The van der Waals surface area contributed by atoms with Gasteiger partial charge in [0.15, 0.2) is 11.6 Å². The van der Waals surface area contributed by atoms with E-state index in [-0.39, 0.29) is 6.04 Å². The van der Waals surface area contributed by atoms with Crippen LogP contribution < -0.4 is 5.32 Å². The molecule has 1 nitrogen and oxygen atoms in total. The first-order chi connectivity index (χ1) is 10.2. The third-order valence-corrected chi connectivity index (χ3v) is 4.67. The highest BCUT2D eigenvalue weighted by Gasteiger charge is 2.17. The van der Waals surface area contributed by atoms with E-state index in [0.717, 1.165) is 11.6 Å². The van der Waals surface area contributed by atoms with Crippen LogP contribution in [0.15, 0.2) is 47.8 Å². The minimum absolute atomic E-state index is 0.0522. The summed E-state index contributed by atoms with van der Waals surface area (Å²) in [5.41, 5.74) is 1.51. The third kappa shape index (κ3) is 2.69. The fourth-order valence-electron chi connectivity index (χ4n) is 2.58. The fourth-order valence-corrected chi connectivity index (χ4v) is 3.55. The molecule has 21 heavy (non-hydrogen) atoms. The average molecular weight is 303 g/mol. The Hall–Kier alpha value is -1.78. The molecular weight excluding hydrogens is 288 g/mol. The minimum atomic E-state index is -0.795. The van der Waals surface area contributed by atoms with Gasteiger partial charge >= 0.3 is 0 Å². The first-order valence-corrected chi connectivity index (χ1v) is 7.65. The standard InChI is InChI=1S/C17H15F2NS/c1-20-15(10-12-5-3-7-14(18)16(12)19)13-6-2-4-11-8-9-21-17(11)13/h2-9,15,20H,10H2,1H3. The number of fused-ring (bicyclic) bond motifs is 1. The number of rotatable bonds is 4. The third-order valence-electron chi connectivity index (χ3n) is 3.69. The van der Waals surface area contributed by atoms with Crippen molar-refractivity contribution in [2.45, 2.75) is 12.5 Å². The van der Waals surface area contributed by atoms with E-state index < -0.39 is 11.6 Å². The molecule has 108 valence electrons. The van der Waals surface area contributed by atoms with Gasteiger partial charge in [-0.15, -0.1) is 11.3 Å². The lowest BCUT2D eigenvalue weighted by Gasteiger charge is -2.18. The molecule has 0 saturated carbocycles. The van der Waals surface area contributed by atoms with E-state index in [0.29, 0.717) is 12.0 Å². The van der Waals surface area contributed by atoms with Gasteiger partial charge in [0.2, 0.25) is 0 Å². The second-order valence-corrected chi connectivity index (χ2v) is 5.86. The van der Waals surface area contributed by atoms with Crippen LogP contribution in [0.25, 0.3) is 10.1 Å². The fraction of sp³-hybridized carbons (Fsp3) is 0.176. The minimum Gasteiger partial charge on any atom is -0.313 e. The summed E-state index contributed by atoms with van der Waals surface area (Å²) in [6.45, 7) is 0. The number of thiophene rings is 1. The van der Waals surface area contributed by atoms with E-state index in [2.05, 4.69) is 17.4 Å².